The Balaban J connectivity index is 2.35. The highest BCUT2D eigenvalue weighted by Crippen LogP contribution is 2.16. The normalized spacial score (nSPS) is 10.8. The number of hydrogen-bond acceptors (Lipinski definition) is 3. The first-order valence-electron chi connectivity index (χ1n) is 7.71. The SMILES string of the molecule is CCCCCCCCNC(=O)c1c(N)c(CC)nn1C. The molecule has 0 aliphatic carbocycles. The molecule has 0 aliphatic heterocycles. The minimum absolute atomic E-state index is 0.120. The minimum Gasteiger partial charge on any atom is -0.395 e. The Kier molecular flexibility index (Phi) is 7.12. The van der Waals surface area contributed by atoms with E-state index < -0.39 is 0 Å². The first kappa shape index (κ1) is 16.5. The van der Waals surface area contributed by atoms with Crippen LogP contribution in [0.1, 0.15) is 68.6 Å². The van der Waals surface area contributed by atoms with Crippen molar-refractivity contribution >= 4 is 11.6 Å². The maximum atomic E-state index is 12.1. The molecular weight excluding hydrogens is 252 g/mol. The summed E-state index contributed by atoms with van der Waals surface area (Å²) >= 11 is 0. The third kappa shape index (κ3) is 4.54. The summed E-state index contributed by atoms with van der Waals surface area (Å²) in [7, 11) is 1.76. The van der Waals surface area contributed by atoms with Crippen LogP contribution in [-0.4, -0.2) is 22.2 Å². The van der Waals surface area contributed by atoms with E-state index in [1.807, 2.05) is 6.92 Å². The number of hydrogen-bond donors (Lipinski definition) is 2. The van der Waals surface area contributed by atoms with Gasteiger partial charge in [0.1, 0.15) is 5.69 Å². The van der Waals surface area contributed by atoms with Gasteiger partial charge in [-0.05, 0) is 12.8 Å². The van der Waals surface area contributed by atoms with E-state index in [1.165, 1.54) is 32.1 Å². The molecule has 1 aromatic rings. The first-order chi connectivity index (χ1) is 9.61. The molecule has 0 spiro atoms. The summed E-state index contributed by atoms with van der Waals surface area (Å²) in [6, 6.07) is 0. The molecule has 0 radical (unpaired) electrons. The lowest BCUT2D eigenvalue weighted by Gasteiger charge is -2.06. The van der Waals surface area contributed by atoms with Gasteiger partial charge in [0, 0.05) is 13.6 Å². The molecule has 0 atom stereocenters. The van der Waals surface area contributed by atoms with E-state index in [4.69, 9.17) is 5.73 Å². The van der Waals surface area contributed by atoms with E-state index in [2.05, 4.69) is 17.3 Å². The molecule has 0 aliphatic rings. The van der Waals surface area contributed by atoms with Crippen LogP contribution in [0.25, 0.3) is 0 Å². The maximum Gasteiger partial charge on any atom is 0.271 e. The molecule has 1 amide bonds. The molecule has 0 unspecified atom stereocenters. The van der Waals surface area contributed by atoms with Crippen LogP contribution in [0.4, 0.5) is 5.69 Å². The second-order valence-corrected chi connectivity index (χ2v) is 5.21. The molecule has 5 nitrogen and oxygen atoms in total. The van der Waals surface area contributed by atoms with Gasteiger partial charge in [-0.3, -0.25) is 9.48 Å². The Bertz CT molecular complexity index is 426. The van der Waals surface area contributed by atoms with Crippen molar-refractivity contribution in [1.82, 2.24) is 15.1 Å². The second-order valence-electron chi connectivity index (χ2n) is 5.21. The van der Waals surface area contributed by atoms with Gasteiger partial charge in [0.25, 0.3) is 5.91 Å². The number of rotatable bonds is 9. The van der Waals surface area contributed by atoms with Gasteiger partial charge in [-0.25, -0.2) is 0 Å². The number of aromatic nitrogens is 2. The van der Waals surface area contributed by atoms with Gasteiger partial charge in [0.05, 0.1) is 11.4 Å². The summed E-state index contributed by atoms with van der Waals surface area (Å²) in [4.78, 5) is 12.1. The Labute approximate surface area is 121 Å². The maximum absolute atomic E-state index is 12.1. The smallest absolute Gasteiger partial charge is 0.271 e. The topological polar surface area (TPSA) is 72.9 Å². The lowest BCUT2D eigenvalue weighted by Crippen LogP contribution is -2.27. The summed E-state index contributed by atoms with van der Waals surface area (Å²) in [5.41, 5.74) is 7.73. The summed E-state index contributed by atoms with van der Waals surface area (Å²) in [6.07, 6.45) is 8.03. The van der Waals surface area contributed by atoms with Crippen LogP contribution >= 0.6 is 0 Å². The van der Waals surface area contributed by atoms with Crippen LogP contribution in [0.3, 0.4) is 0 Å². The molecule has 1 aromatic heterocycles. The fourth-order valence-electron chi connectivity index (χ4n) is 2.32. The number of nitrogen functional groups attached to an aromatic ring is 1. The third-order valence-electron chi connectivity index (χ3n) is 3.53. The van der Waals surface area contributed by atoms with E-state index in [0.717, 1.165) is 18.5 Å². The minimum atomic E-state index is -0.120. The first-order valence-corrected chi connectivity index (χ1v) is 7.71. The van der Waals surface area contributed by atoms with Crippen molar-refractivity contribution in [3.05, 3.63) is 11.4 Å². The van der Waals surface area contributed by atoms with Gasteiger partial charge in [0.15, 0.2) is 0 Å². The molecular formula is C15H28N4O. The second kappa shape index (κ2) is 8.61. The fraction of sp³-hybridized carbons (Fsp3) is 0.733. The van der Waals surface area contributed by atoms with Gasteiger partial charge in [-0.2, -0.15) is 5.10 Å². The van der Waals surface area contributed by atoms with Crippen LogP contribution in [0.5, 0.6) is 0 Å². The van der Waals surface area contributed by atoms with Gasteiger partial charge < -0.3 is 11.1 Å². The Morgan fingerprint density at radius 3 is 2.45 bits per heavy atom. The van der Waals surface area contributed by atoms with Crippen molar-refractivity contribution in [1.29, 1.82) is 0 Å². The van der Waals surface area contributed by atoms with Crippen molar-refractivity contribution in [2.75, 3.05) is 12.3 Å². The zero-order valence-electron chi connectivity index (χ0n) is 13.0. The number of aryl methyl sites for hydroxylation is 2. The monoisotopic (exact) mass is 280 g/mol. The lowest BCUT2D eigenvalue weighted by molar-refractivity contribution is 0.0944. The molecule has 20 heavy (non-hydrogen) atoms. The highest BCUT2D eigenvalue weighted by molar-refractivity contribution is 5.97. The van der Waals surface area contributed by atoms with Crippen LogP contribution in [0.15, 0.2) is 0 Å². The van der Waals surface area contributed by atoms with Crippen LogP contribution in [0, 0.1) is 0 Å². The number of unbranched alkanes of at least 4 members (excludes halogenated alkanes) is 5. The van der Waals surface area contributed by atoms with E-state index in [9.17, 15) is 4.79 Å². The fourth-order valence-corrected chi connectivity index (χ4v) is 2.32. The highest BCUT2D eigenvalue weighted by atomic mass is 16.2. The molecule has 3 N–H and O–H groups in total. The number of anilines is 1. The molecule has 114 valence electrons. The zero-order valence-corrected chi connectivity index (χ0v) is 13.0. The molecule has 0 fully saturated rings. The standard InChI is InChI=1S/C15H28N4O/c1-4-6-7-8-9-10-11-17-15(20)14-13(16)12(5-2)18-19(14)3/h4-11,16H2,1-3H3,(H,17,20). The average molecular weight is 280 g/mol. The summed E-state index contributed by atoms with van der Waals surface area (Å²) < 4.78 is 1.57. The summed E-state index contributed by atoms with van der Waals surface area (Å²) in [5, 5.41) is 7.19. The highest BCUT2D eigenvalue weighted by Gasteiger charge is 2.18. The number of nitrogens with one attached hydrogen (secondary N) is 1. The average Bonchev–Trinajstić information content (AvgIpc) is 2.72. The van der Waals surface area contributed by atoms with Gasteiger partial charge in [-0.1, -0.05) is 46.0 Å². The Morgan fingerprint density at radius 2 is 1.85 bits per heavy atom. The Hall–Kier alpha value is -1.52. The number of nitrogens with two attached hydrogens (primary N) is 1. The Morgan fingerprint density at radius 1 is 1.20 bits per heavy atom. The lowest BCUT2D eigenvalue weighted by atomic mass is 10.1. The molecule has 0 saturated carbocycles. The van der Waals surface area contributed by atoms with Gasteiger partial charge >= 0.3 is 0 Å². The largest absolute Gasteiger partial charge is 0.395 e. The van der Waals surface area contributed by atoms with E-state index in [-0.39, 0.29) is 5.91 Å². The van der Waals surface area contributed by atoms with Crippen LogP contribution in [0.2, 0.25) is 0 Å². The zero-order chi connectivity index (χ0) is 15.0. The number of carbonyl (C=O) groups excluding carboxylic acids is 1. The van der Waals surface area contributed by atoms with Gasteiger partial charge in [0.2, 0.25) is 0 Å². The van der Waals surface area contributed by atoms with Crippen molar-refractivity contribution in [2.24, 2.45) is 7.05 Å². The molecule has 0 bridgehead atoms. The number of nitrogens with zero attached hydrogens (tertiary/aromatic N) is 2. The van der Waals surface area contributed by atoms with Crippen LogP contribution in [-0.2, 0) is 13.5 Å². The molecule has 5 heteroatoms. The number of amides is 1. The molecule has 0 saturated heterocycles. The van der Waals surface area contributed by atoms with Crippen LogP contribution < -0.4 is 11.1 Å². The summed E-state index contributed by atoms with van der Waals surface area (Å²) in [5.74, 6) is -0.120. The van der Waals surface area contributed by atoms with E-state index in [0.29, 0.717) is 17.9 Å². The van der Waals surface area contributed by atoms with Crippen molar-refractivity contribution in [3.8, 4) is 0 Å². The van der Waals surface area contributed by atoms with Crippen molar-refractivity contribution in [2.45, 2.75) is 58.8 Å². The van der Waals surface area contributed by atoms with Crippen molar-refractivity contribution < 1.29 is 4.79 Å². The molecule has 0 aromatic carbocycles. The predicted octanol–water partition coefficient (Wildman–Crippen LogP) is 2.66. The quantitative estimate of drug-likeness (QED) is 0.683. The third-order valence-corrected chi connectivity index (χ3v) is 3.53. The van der Waals surface area contributed by atoms with Gasteiger partial charge in [-0.15, -0.1) is 0 Å². The summed E-state index contributed by atoms with van der Waals surface area (Å²) in [6.45, 7) is 4.90. The van der Waals surface area contributed by atoms with E-state index in [1.54, 1.807) is 11.7 Å². The van der Waals surface area contributed by atoms with E-state index >= 15 is 0 Å². The molecule has 1 heterocycles. The number of carbonyl (C=O) groups is 1. The predicted molar refractivity (Wildman–Crippen MR) is 82.7 cm³/mol. The molecule has 1 rings (SSSR count). The van der Waals surface area contributed by atoms with Crippen molar-refractivity contribution in [3.63, 3.8) is 0 Å².